The van der Waals surface area contributed by atoms with Crippen molar-refractivity contribution in [3.8, 4) is 68.3 Å². The summed E-state index contributed by atoms with van der Waals surface area (Å²) in [7, 11) is 13.3. The Bertz CT molecular complexity index is 4130. The zero-order valence-corrected chi connectivity index (χ0v) is 73.1. The molecule has 0 aliphatic carbocycles. The van der Waals surface area contributed by atoms with Crippen molar-refractivity contribution in [1.82, 2.24) is 61.2 Å². The van der Waals surface area contributed by atoms with Crippen LogP contribution in [-0.2, 0) is 56.1 Å². The number of carbonyl (C=O) groups is 9. The van der Waals surface area contributed by atoms with Crippen LogP contribution in [0, 0.1) is 34.0 Å². The van der Waals surface area contributed by atoms with E-state index in [4.69, 9.17) is 38.6 Å². The van der Waals surface area contributed by atoms with E-state index in [-0.39, 0.29) is 126 Å². The summed E-state index contributed by atoms with van der Waals surface area (Å²) < 4.78 is 53.1. The van der Waals surface area contributed by atoms with Crippen LogP contribution in [0.3, 0.4) is 0 Å². The van der Waals surface area contributed by atoms with Gasteiger partial charge in [-0.3, -0.25) is 57.2 Å². The second kappa shape index (κ2) is 46.8. The Balaban J connectivity index is 0.000000366. The van der Waals surface area contributed by atoms with E-state index in [1.54, 1.807) is 60.9 Å². The van der Waals surface area contributed by atoms with Gasteiger partial charge >= 0.3 is 17.9 Å². The summed E-state index contributed by atoms with van der Waals surface area (Å²) in [6, 6.07) is 20.4. The molecule has 4 atom stereocenters. The predicted molar refractivity (Wildman–Crippen MR) is 445 cm³/mol. The van der Waals surface area contributed by atoms with Crippen LogP contribution in [0.15, 0.2) is 72.8 Å². The summed E-state index contributed by atoms with van der Waals surface area (Å²) in [6.45, 7) is 34.0. The van der Waals surface area contributed by atoms with Crippen molar-refractivity contribution in [2.24, 2.45) is 34.0 Å². The topological polar surface area (TPSA) is 362 Å². The van der Waals surface area contributed by atoms with Crippen LogP contribution in [0.5, 0.6) is 34.5 Å². The number of rotatable bonds is 43. The van der Waals surface area contributed by atoms with Gasteiger partial charge in [-0.15, -0.1) is 0 Å². The van der Waals surface area contributed by atoms with Crippen molar-refractivity contribution in [1.29, 1.82) is 0 Å². The fraction of sp³-hybridized carbons (Fsp3) is 0.581. The SMILES string of the molecule is CCC(C)(C)C(C)n1nc(C(=O)N[C@H](CC(=O)NCC(=O)OC)CC(C)C)cc1-c1c(OC)cccc1OC.CCC(C)(C)Cn1nc(C(=O)N[C@H](CC(=O)NCC(=O)OC)CC(C)C)cc1-c1c(OC)cccc1OC.CCC(C)(CC)Cn1nc(C(=O)N[C@H](CC(=O)NCC(=O)OC)CC(C)C)cc1-c1c(OC)cccc1OC. The summed E-state index contributed by atoms with van der Waals surface area (Å²) in [5.74, 6) is 0.466. The Labute approximate surface area is 685 Å². The molecule has 0 saturated carbocycles. The fourth-order valence-electron chi connectivity index (χ4n) is 12.7. The quantitative estimate of drug-likeness (QED) is 0.0153. The first-order chi connectivity index (χ1) is 54.8. The van der Waals surface area contributed by atoms with E-state index < -0.39 is 41.9 Å². The molecule has 6 N–H and O–H groups in total. The summed E-state index contributed by atoms with van der Waals surface area (Å²) in [5.41, 5.74) is 4.65. The maximum absolute atomic E-state index is 13.5. The third-order valence-electron chi connectivity index (χ3n) is 20.8. The molecule has 116 heavy (non-hydrogen) atoms. The van der Waals surface area contributed by atoms with Crippen molar-refractivity contribution < 1.29 is 85.8 Å². The third kappa shape index (κ3) is 29.2. The van der Waals surface area contributed by atoms with Crippen molar-refractivity contribution in [3.63, 3.8) is 0 Å². The minimum atomic E-state index is -0.540. The molecule has 642 valence electrons. The largest absolute Gasteiger partial charge is 0.496 e. The molecule has 0 aliphatic heterocycles. The molecule has 6 aromatic rings. The molecule has 0 fully saturated rings. The number of hydrogen-bond donors (Lipinski definition) is 6. The smallest absolute Gasteiger partial charge is 0.325 e. The Kier molecular flexibility index (Phi) is 39.4. The Morgan fingerprint density at radius 3 is 0.940 bits per heavy atom. The minimum absolute atomic E-state index is 0.0219. The maximum atomic E-state index is 13.5. The average molecular weight is 1620 g/mol. The van der Waals surface area contributed by atoms with Gasteiger partial charge in [0.15, 0.2) is 17.1 Å². The Morgan fingerprint density at radius 1 is 0.388 bits per heavy atom. The first-order valence-corrected chi connectivity index (χ1v) is 39.6. The van der Waals surface area contributed by atoms with Crippen molar-refractivity contribution in [2.75, 3.05) is 83.6 Å². The molecule has 30 nitrogen and oxygen atoms in total. The molecule has 3 heterocycles. The van der Waals surface area contributed by atoms with Crippen LogP contribution in [-0.4, -0.2) is 184 Å². The number of nitrogens with one attached hydrogen (secondary N) is 6. The van der Waals surface area contributed by atoms with Crippen LogP contribution < -0.4 is 60.3 Å². The molecule has 0 aliphatic rings. The number of hydrogen-bond acceptors (Lipinski definition) is 21. The number of amides is 6. The summed E-state index contributed by atoms with van der Waals surface area (Å²) in [4.78, 5) is 112. The summed E-state index contributed by atoms with van der Waals surface area (Å²) in [5, 5.41) is 30.7. The zero-order valence-electron chi connectivity index (χ0n) is 73.1. The zero-order chi connectivity index (χ0) is 86.9. The lowest BCUT2D eigenvalue weighted by Gasteiger charge is -2.32. The van der Waals surface area contributed by atoms with Crippen LogP contribution in [0.2, 0.25) is 0 Å². The molecule has 0 saturated heterocycles. The number of methoxy groups -OCH3 is 9. The molecule has 3 aromatic heterocycles. The number of benzene rings is 3. The molecular formula is C86H130N12O18. The van der Waals surface area contributed by atoms with Gasteiger partial charge < -0.3 is 74.5 Å². The maximum Gasteiger partial charge on any atom is 0.325 e. The highest BCUT2D eigenvalue weighted by molar-refractivity contribution is 5.97. The van der Waals surface area contributed by atoms with Crippen LogP contribution in [0.25, 0.3) is 33.8 Å². The lowest BCUT2D eigenvalue weighted by Crippen LogP contribution is -2.41. The second-order valence-corrected chi connectivity index (χ2v) is 31.7. The lowest BCUT2D eigenvalue weighted by atomic mass is 9.83. The number of aromatic nitrogens is 6. The molecule has 1 unspecified atom stereocenters. The summed E-state index contributed by atoms with van der Waals surface area (Å²) in [6.07, 6.45) is 5.48. The normalized spacial score (nSPS) is 12.4. The molecule has 3 aromatic carbocycles. The van der Waals surface area contributed by atoms with Gasteiger partial charge in [0.25, 0.3) is 17.7 Å². The van der Waals surface area contributed by atoms with Crippen LogP contribution >= 0.6 is 0 Å². The van der Waals surface area contributed by atoms with E-state index in [2.05, 4.69) is 120 Å². The van der Waals surface area contributed by atoms with Crippen molar-refractivity contribution in [3.05, 3.63) is 89.9 Å². The highest BCUT2D eigenvalue weighted by atomic mass is 16.5. The van der Waals surface area contributed by atoms with Crippen LogP contribution in [0.4, 0.5) is 0 Å². The van der Waals surface area contributed by atoms with E-state index in [1.165, 1.54) is 21.3 Å². The number of esters is 3. The highest BCUT2D eigenvalue weighted by Gasteiger charge is 2.34. The monoisotopic (exact) mass is 1620 g/mol. The van der Waals surface area contributed by atoms with Gasteiger partial charge in [-0.05, 0) is 140 Å². The molecule has 30 heteroatoms. The van der Waals surface area contributed by atoms with E-state index in [0.717, 1.165) is 25.7 Å². The van der Waals surface area contributed by atoms with E-state index in [9.17, 15) is 43.2 Å². The van der Waals surface area contributed by atoms with Crippen molar-refractivity contribution in [2.45, 2.75) is 212 Å². The molecule has 0 spiro atoms. The molecule has 0 radical (unpaired) electrons. The average Bonchev–Trinajstić information content (AvgIpc) is 1.62. The lowest BCUT2D eigenvalue weighted by molar-refractivity contribution is -0.141. The number of ether oxygens (including phenoxy) is 9. The van der Waals surface area contributed by atoms with E-state index in [1.807, 2.05) is 110 Å². The molecular weight excluding hydrogens is 1490 g/mol. The Morgan fingerprint density at radius 2 is 0.672 bits per heavy atom. The van der Waals surface area contributed by atoms with Crippen LogP contribution in [0.1, 0.15) is 212 Å². The van der Waals surface area contributed by atoms with Crippen molar-refractivity contribution >= 4 is 53.4 Å². The fourth-order valence-corrected chi connectivity index (χ4v) is 12.7. The molecule has 6 rings (SSSR count). The van der Waals surface area contributed by atoms with Gasteiger partial charge in [0.05, 0.1) is 104 Å². The summed E-state index contributed by atoms with van der Waals surface area (Å²) >= 11 is 0. The second-order valence-electron chi connectivity index (χ2n) is 31.7. The van der Waals surface area contributed by atoms with Gasteiger partial charge in [-0.25, -0.2) is 0 Å². The first-order valence-electron chi connectivity index (χ1n) is 39.6. The van der Waals surface area contributed by atoms with Gasteiger partial charge in [-0.2, -0.15) is 15.3 Å². The van der Waals surface area contributed by atoms with E-state index in [0.29, 0.717) is 101 Å². The highest BCUT2D eigenvalue weighted by Crippen LogP contribution is 2.45. The predicted octanol–water partition coefficient (Wildman–Crippen LogP) is 12.4. The van der Waals surface area contributed by atoms with Gasteiger partial charge in [0.2, 0.25) is 17.7 Å². The standard InChI is InChI=1S/2C29H44N4O6.C28H42N4O6/c1-10-29(5,6)19(4)33-22(27-23(37-7)12-11-13-24(27)38-8)16-21(32-33)28(36)31-20(14-18(2)3)15-25(34)30-17-26(35)39-9;1-9-29(5,10-2)18-33-22(27-23(37-6)12-11-13-24(27)38-7)16-21(32-33)28(36)31-20(14-19(3)4)15-25(34)30-17-26(35)39-8;1-9-28(4,5)17-32-21(26-22(36-6)11-10-12-23(26)37-7)15-20(31-32)27(35)30-19(13-18(2)3)14-24(33)29-16-25(34)38-8/h11-13,16,18-20H,10,14-15,17H2,1-9H3,(H,30,34)(H,31,36);11-13,16,19-20H,9-10,14-15,17-18H2,1-8H3,(H,30,34)(H,31,36);10-12,15,18-19H,9,13-14,16-17H2,1-8H3,(H,29,33)(H,30,35)/t19?,20-;20-;19-/m000/s1. The molecule has 0 bridgehead atoms. The third-order valence-corrected chi connectivity index (χ3v) is 20.8. The van der Waals surface area contributed by atoms with E-state index >= 15 is 0 Å². The number of nitrogens with zero attached hydrogens (tertiary/aromatic N) is 6. The van der Waals surface area contributed by atoms with Gasteiger partial charge in [0, 0.05) is 50.5 Å². The van der Waals surface area contributed by atoms with Gasteiger partial charge in [-0.1, -0.05) is 122 Å². The molecule has 6 amide bonds. The van der Waals surface area contributed by atoms with Gasteiger partial charge in [0.1, 0.15) is 54.1 Å². The Hall–Kier alpha value is -10.7. The number of carbonyl (C=O) groups excluding carboxylic acids is 9. The first kappa shape index (κ1) is 97.7. The minimum Gasteiger partial charge on any atom is -0.496 e.